The van der Waals surface area contributed by atoms with E-state index >= 15 is 0 Å². The molecule has 0 aromatic heterocycles. The Morgan fingerprint density at radius 3 is 1.96 bits per heavy atom. The summed E-state index contributed by atoms with van der Waals surface area (Å²) in [4.78, 5) is 43.5. The van der Waals surface area contributed by atoms with Crippen LogP contribution in [0, 0.1) is 0 Å². The number of imide groups is 1. The van der Waals surface area contributed by atoms with E-state index in [1.54, 1.807) is 44.3 Å². The van der Waals surface area contributed by atoms with Crippen LogP contribution in [0.15, 0.2) is 69.6 Å². The molecule has 0 N–H and O–H groups in total. The first-order chi connectivity index (χ1) is 34.2. The molecule has 73 heavy (non-hydrogen) atoms. The number of nitrogens with zero attached hydrogens (tertiary/aromatic N) is 3. The van der Waals surface area contributed by atoms with Crippen LogP contribution in [0.3, 0.4) is 0 Å². The van der Waals surface area contributed by atoms with Crippen molar-refractivity contribution >= 4 is 49.8 Å². The zero-order valence-electron chi connectivity index (χ0n) is 43.0. The standard InChI is InChI=1S/C50H69N3O17S2.Na/c1-49(2,3)41-35-38(69-44-34-37(13-15-40(41)44)51(21-23-65-29-31-67-27-25-63-5)22-24-66-30-32-68-28-26-64-6)10-7-11-45-50(4,19-8-12-48(56)70-53-46(54)17-18-47(53)55)42-36-39(72(60,61)62)14-16-43(42)52(45)20-9-33-71(57,58)59;/h7,10-11,13-16,34-36H,8-9,12,17-33H2,1-6H3,(H-,57,58,59,60,61,62);/q;+1/p-1. The topological polar surface area (TPSA) is 253 Å². The molecule has 23 heteroatoms. The van der Waals surface area contributed by atoms with Gasteiger partial charge in [-0.1, -0.05) is 26.8 Å². The van der Waals surface area contributed by atoms with E-state index in [1.165, 1.54) is 12.1 Å². The molecule has 20 nitrogen and oxygen atoms in total. The van der Waals surface area contributed by atoms with E-state index in [0.29, 0.717) is 113 Å². The second-order valence-electron chi connectivity index (χ2n) is 18.5. The number of ether oxygens (including phenoxy) is 6. The van der Waals surface area contributed by atoms with Crippen LogP contribution in [0.5, 0.6) is 0 Å². The third-order valence-corrected chi connectivity index (χ3v) is 13.7. The summed E-state index contributed by atoms with van der Waals surface area (Å²) >= 11 is 0. The van der Waals surface area contributed by atoms with E-state index in [1.807, 2.05) is 24.3 Å². The Kier molecular flexibility index (Phi) is 24.4. The number of fused-ring (bicyclic) bond motifs is 2. The van der Waals surface area contributed by atoms with Crippen molar-refractivity contribution in [1.29, 1.82) is 0 Å². The minimum absolute atomic E-state index is 0. The molecule has 0 saturated carbocycles. The van der Waals surface area contributed by atoms with Crippen molar-refractivity contribution in [2.45, 2.75) is 81.9 Å². The van der Waals surface area contributed by atoms with Crippen LogP contribution >= 0.6 is 0 Å². The van der Waals surface area contributed by atoms with Gasteiger partial charge >= 0.3 is 35.5 Å². The number of rotatable bonds is 30. The molecule has 2 amide bonds. The van der Waals surface area contributed by atoms with Gasteiger partial charge in [-0.25, -0.2) is 26.2 Å². The van der Waals surface area contributed by atoms with Crippen LogP contribution in [0.4, 0.5) is 5.69 Å². The van der Waals surface area contributed by atoms with E-state index in [9.17, 15) is 40.3 Å². The number of hydrogen-bond acceptors (Lipinski definition) is 18. The summed E-state index contributed by atoms with van der Waals surface area (Å²) < 4.78 is 114. The van der Waals surface area contributed by atoms with Gasteiger partial charge in [0.25, 0.3) is 11.8 Å². The van der Waals surface area contributed by atoms with E-state index in [0.717, 1.165) is 22.6 Å². The predicted molar refractivity (Wildman–Crippen MR) is 262 cm³/mol. The van der Waals surface area contributed by atoms with Gasteiger partial charge in [-0.3, -0.25) is 9.59 Å². The first kappa shape index (κ1) is 61.7. The van der Waals surface area contributed by atoms with Gasteiger partial charge in [0, 0.05) is 74.2 Å². The zero-order chi connectivity index (χ0) is 52.5. The summed E-state index contributed by atoms with van der Waals surface area (Å²) in [6.07, 6.45) is 5.05. The predicted octanol–water partition coefficient (Wildman–Crippen LogP) is 1.11. The van der Waals surface area contributed by atoms with Crippen LogP contribution in [0.2, 0.25) is 0 Å². The molecule has 5 rings (SSSR count). The largest absolute Gasteiger partial charge is 1.00 e. The first-order valence-corrected chi connectivity index (χ1v) is 26.9. The third-order valence-electron chi connectivity index (χ3n) is 12.1. The fourth-order valence-corrected chi connectivity index (χ4v) is 9.44. The molecule has 4 aliphatic rings. The van der Waals surface area contributed by atoms with Crippen molar-refractivity contribution in [1.82, 2.24) is 9.64 Å². The van der Waals surface area contributed by atoms with Crippen molar-refractivity contribution in [2.75, 3.05) is 111 Å². The second-order valence-corrected chi connectivity index (χ2v) is 21.4. The molecule has 1 unspecified atom stereocenters. The number of hydrogen-bond donors (Lipinski definition) is 0. The average molecular weight is 1070 g/mol. The average Bonchev–Trinajstić information content (AvgIpc) is 3.75. The quantitative estimate of drug-likeness (QED) is 0.0298. The van der Waals surface area contributed by atoms with Crippen LogP contribution < -0.4 is 44.4 Å². The van der Waals surface area contributed by atoms with Gasteiger partial charge in [0.15, 0.2) is 13.1 Å². The van der Waals surface area contributed by atoms with Crippen LogP contribution in [0.25, 0.3) is 17.4 Å². The summed E-state index contributed by atoms with van der Waals surface area (Å²) in [7, 11) is -6.31. The number of allylic oxidation sites excluding steroid dienone is 3. The zero-order valence-corrected chi connectivity index (χ0v) is 46.6. The molecule has 3 aliphatic heterocycles. The Bertz CT molecular complexity index is 2630. The normalized spacial score (nSPS) is 16.8. The van der Waals surface area contributed by atoms with Gasteiger partial charge in [-0.05, 0) is 85.2 Å². The van der Waals surface area contributed by atoms with Crippen molar-refractivity contribution in [3.63, 3.8) is 0 Å². The third kappa shape index (κ3) is 18.4. The monoisotopic (exact) mass is 1070 g/mol. The summed E-state index contributed by atoms with van der Waals surface area (Å²) in [5.74, 6) is -1.68. The van der Waals surface area contributed by atoms with Crippen LogP contribution in [-0.2, 0) is 78.7 Å². The van der Waals surface area contributed by atoms with Crippen molar-refractivity contribution in [3.05, 3.63) is 82.6 Å². The van der Waals surface area contributed by atoms with Gasteiger partial charge in [-0.2, -0.15) is 0 Å². The summed E-state index contributed by atoms with van der Waals surface area (Å²) in [5, 5.41) is 1.33. The Labute approximate surface area is 450 Å². The fraction of sp³-hybridized carbons (Fsp3) is 0.560. The minimum atomic E-state index is -4.93. The van der Waals surface area contributed by atoms with Gasteiger partial charge in [0.1, 0.15) is 34.9 Å². The molecule has 0 radical (unpaired) electrons. The number of methoxy groups -OCH3 is 2. The number of hydroxylamine groups is 2. The molecular weight excluding hydrogens is 1000 g/mol. The van der Waals surface area contributed by atoms with E-state index < -0.39 is 54.1 Å². The van der Waals surface area contributed by atoms with Gasteiger partial charge in [-0.15, -0.1) is 5.06 Å². The molecule has 3 heterocycles. The summed E-state index contributed by atoms with van der Waals surface area (Å²) in [6.45, 7) is 13.6. The van der Waals surface area contributed by atoms with E-state index in [4.69, 9.17) is 37.7 Å². The Balaban J connectivity index is 0.0000116. The van der Waals surface area contributed by atoms with Crippen molar-refractivity contribution in [2.24, 2.45) is 0 Å². The van der Waals surface area contributed by atoms with Crippen molar-refractivity contribution < 1.29 is 108 Å². The SMILES string of the molecule is COCCOCCOCC[N+](CCOCCOCCOC)=c1ccc2c(C(C)(C)C)cc(/C=C/C=C3/N(CCCS(=O)(=O)[O-])c4ccc(S(=O)(=O)[O-])cc4C3(C)CCCC(=O)ON3C(=O)CCC3=O)oc-2c1.[Na+]. The Hall–Kier alpha value is -3.88. The summed E-state index contributed by atoms with van der Waals surface area (Å²) in [5.41, 5.74) is 1.85. The molecule has 1 aromatic carbocycles. The molecule has 398 valence electrons. The number of carbonyl (C=O) groups excluding carboxylic acids is 3. The molecular formula is C50H68N3NaO17S2. The maximum absolute atomic E-state index is 12.9. The smallest absolute Gasteiger partial charge is 0.748 e. The molecule has 1 aromatic rings. The van der Waals surface area contributed by atoms with E-state index in [-0.39, 0.29) is 80.0 Å². The van der Waals surface area contributed by atoms with Gasteiger partial charge in [0.05, 0.1) is 73.9 Å². The minimum Gasteiger partial charge on any atom is -0.748 e. The summed E-state index contributed by atoms with van der Waals surface area (Å²) in [6, 6.07) is 11.9. The van der Waals surface area contributed by atoms with Crippen molar-refractivity contribution in [3.8, 4) is 11.3 Å². The second kappa shape index (κ2) is 28.9. The number of amides is 2. The van der Waals surface area contributed by atoms with Gasteiger partial charge in [0.2, 0.25) is 5.36 Å². The fourth-order valence-electron chi connectivity index (χ4n) is 8.46. The molecule has 1 atom stereocenters. The van der Waals surface area contributed by atoms with Gasteiger partial charge < -0.3 is 51.7 Å². The first-order valence-electron chi connectivity index (χ1n) is 23.9. The molecule has 1 saturated heterocycles. The van der Waals surface area contributed by atoms with E-state index in [2.05, 4.69) is 25.3 Å². The maximum atomic E-state index is 12.9. The molecule has 1 fully saturated rings. The Morgan fingerprint density at radius 1 is 0.808 bits per heavy atom. The molecule has 0 spiro atoms. The maximum Gasteiger partial charge on any atom is 1.00 e. The molecule has 1 aliphatic carbocycles. The molecule has 0 bridgehead atoms. The Morgan fingerprint density at radius 2 is 1.40 bits per heavy atom. The number of anilines is 1. The van der Waals surface area contributed by atoms with Crippen LogP contribution in [-0.4, -0.2) is 154 Å². The number of benzene rings is 2. The van der Waals surface area contributed by atoms with Crippen LogP contribution in [0.1, 0.15) is 83.1 Å². The number of carbonyl (C=O) groups is 3.